The minimum atomic E-state index is 0.292. The summed E-state index contributed by atoms with van der Waals surface area (Å²) in [5.41, 5.74) is 5.80. The zero-order chi connectivity index (χ0) is 12.7. The van der Waals surface area contributed by atoms with E-state index >= 15 is 0 Å². The van der Waals surface area contributed by atoms with Crippen molar-refractivity contribution in [1.82, 2.24) is 4.57 Å². The first kappa shape index (κ1) is 11.3. The van der Waals surface area contributed by atoms with Crippen molar-refractivity contribution in [1.29, 1.82) is 0 Å². The van der Waals surface area contributed by atoms with Gasteiger partial charge in [0, 0.05) is 29.6 Å². The van der Waals surface area contributed by atoms with E-state index in [1.807, 2.05) is 12.3 Å². The van der Waals surface area contributed by atoms with Crippen molar-refractivity contribution in [3.8, 4) is 5.69 Å². The Morgan fingerprint density at radius 3 is 2.78 bits per heavy atom. The van der Waals surface area contributed by atoms with Crippen LogP contribution >= 0.6 is 0 Å². The van der Waals surface area contributed by atoms with Crippen molar-refractivity contribution in [2.24, 2.45) is 0 Å². The van der Waals surface area contributed by atoms with Crippen LogP contribution in [-0.2, 0) is 6.42 Å². The van der Waals surface area contributed by atoms with Crippen LogP contribution in [0.2, 0.25) is 0 Å². The van der Waals surface area contributed by atoms with Crippen LogP contribution < -0.4 is 0 Å². The van der Waals surface area contributed by atoms with E-state index in [9.17, 15) is 4.79 Å². The molecular weight excluding hydrogens is 222 g/mol. The Hall–Kier alpha value is -1.83. The summed E-state index contributed by atoms with van der Waals surface area (Å²) in [7, 11) is 0. The van der Waals surface area contributed by atoms with Crippen molar-refractivity contribution >= 4 is 5.78 Å². The van der Waals surface area contributed by atoms with Gasteiger partial charge >= 0.3 is 0 Å². The van der Waals surface area contributed by atoms with Crippen LogP contribution in [0.25, 0.3) is 5.69 Å². The molecule has 1 heterocycles. The molecule has 0 saturated carbocycles. The molecule has 2 nitrogen and oxygen atoms in total. The predicted octanol–water partition coefficient (Wildman–Crippen LogP) is 3.61. The van der Waals surface area contributed by atoms with E-state index in [2.05, 4.69) is 36.6 Å². The quantitative estimate of drug-likeness (QED) is 0.745. The summed E-state index contributed by atoms with van der Waals surface area (Å²) in [6, 6.07) is 8.43. The van der Waals surface area contributed by atoms with Crippen molar-refractivity contribution in [3.63, 3.8) is 0 Å². The number of carbonyl (C=O) groups is 1. The standard InChI is InChI=1S/C16H17NO/c1-11-6-7-12(2)15(10-11)17-9-8-13-14(17)4-3-5-16(13)18/h6-10H,3-5H2,1-2H3. The fourth-order valence-corrected chi connectivity index (χ4v) is 2.73. The largest absolute Gasteiger partial charge is 0.320 e. The second-order valence-corrected chi connectivity index (χ2v) is 5.11. The molecule has 1 aliphatic rings. The fourth-order valence-electron chi connectivity index (χ4n) is 2.73. The molecule has 0 saturated heterocycles. The molecule has 2 aromatic rings. The van der Waals surface area contributed by atoms with Gasteiger partial charge in [-0.25, -0.2) is 0 Å². The first-order valence-corrected chi connectivity index (χ1v) is 6.48. The number of fused-ring (bicyclic) bond motifs is 1. The first-order valence-electron chi connectivity index (χ1n) is 6.48. The Kier molecular flexibility index (Phi) is 2.58. The summed E-state index contributed by atoms with van der Waals surface area (Å²) in [5.74, 6) is 0.292. The number of carbonyl (C=O) groups excluding carboxylic acids is 1. The van der Waals surface area contributed by atoms with Gasteiger partial charge < -0.3 is 4.57 Å². The number of Topliss-reactive ketones (excluding diaryl/α,β-unsaturated/α-hetero) is 1. The molecule has 0 N–H and O–H groups in total. The van der Waals surface area contributed by atoms with Crippen molar-refractivity contribution in [2.45, 2.75) is 33.1 Å². The van der Waals surface area contributed by atoms with Crippen molar-refractivity contribution < 1.29 is 4.79 Å². The lowest BCUT2D eigenvalue weighted by molar-refractivity contribution is 0.0972. The lowest BCUT2D eigenvalue weighted by Crippen LogP contribution is -2.12. The molecule has 18 heavy (non-hydrogen) atoms. The average molecular weight is 239 g/mol. The van der Waals surface area contributed by atoms with Crippen LogP contribution in [0.1, 0.15) is 40.0 Å². The molecule has 0 atom stereocenters. The molecule has 0 spiro atoms. The molecular formula is C16H17NO. The van der Waals surface area contributed by atoms with Crippen LogP contribution in [0.4, 0.5) is 0 Å². The number of aromatic nitrogens is 1. The SMILES string of the molecule is Cc1ccc(C)c(-n2ccc3c2CCCC3=O)c1. The Bertz CT molecular complexity index is 622. The predicted molar refractivity (Wildman–Crippen MR) is 72.5 cm³/mol. The second kappa shape index (κ2) is 4.13. The van der Waals surface area contributed by atoms with Gasteiger partial charge in [0.15, 0.2) is 5.78 Å². The lowest BCUT2D eigenvalue weighted by Gasteiger charge is -2.17. The number of benzene rings is 1. The van der Waals surface area contributed by atoms with Gasteiger partial charge in [-0.15, -0.1) is 0 Å². The third kappa shape index (κ3) is 1.69. The summed E-state index contributed by atoms with van der Waals surface area (Å²) >= 11 is 0. The summed E-state index contributed by atoms with van der Waals surface area (Å²) in [6.07, 6.45) is 4.71. The highest BCUT2D eigenvalue weighted by atomic mass is 16.1. The second-order valence-electron chi connectivity index (χ2n) is 5.11. The topological polar surface area (TPSA) is 22.0 Å². The van der Waals surface area contributed by atoms with E-state index in [4.69, 9.17) is 0 Å². The zero-order valence-corrected chi connectivity index (χ0v) is 10.9. The lowest BCUT2D eigenvalue weighted by atomic mass is 9.96. The van der Waals surface area contributed by atoms with E-state index in [0.717, 1.165) is 18.4 Å². The first-order chi connectivity index (χ1) is 8.66. The molecule has 0 fully saturated rings. The number of nitrogens with zero attached hydrogens (tertiary/aromatic N) is 1. The number of hydrogen-bond acceptors (Lipinski definition) is 1. The van der Waals surface area contributed by atoms with Gasteiger partial charge in [0.25, 0.3) is 0 Å². The smallest absolute Gasteiger partial charge is 0.164 e. The number of rotatable bonds is 1. The van der Waals surface area contributed by atoms with Gasteiger partial charge in [0.1, 0.15) is 0 Å². The van der Waals surface area contributed by atoms with Crippen molar-refractivity contribution in [2.75, 3.05) is 0 Å². The maximum atomic E-state index is 11.9. The van der Waals surface area contributed by atoms with Crippen molar-refractivity contribution in [3.05, 3.63) is 52.8 Å². The fraction of sp³-hybridized carbons (Fsp3) is 0.312. The summed E-state index contributed by atoms with van der Waals surface area (Å²) < 4.78 is 2.19. The summed E-state index contributed by atoms with van der Waals surface area (Å²) in [6.45, 7) is 4.22. The minimum absolute atomic E-state index is 0.292. The third-order valence-corrected chi connectivity index (χ3v) is 3.73. The normalized spacial score (nSPS) is 14.7. The van der Waals surface area contributed by atoms with E-state index in [1.165, 1.54) is 22.5 Å². The van der Waals surface area contributed by atoms with E-state index in [1.54, 1.807) is 0 Å². The van der Waals surface area contributed by atoms with E-state index in [0.29, 0.717) is 12.2 Å². The molecule has 0 unspecified atom stereocenters. The molecule has 0 amide bonds. The molecule has 3 rings (SSSR count). The molecule has 1 aliphatic carbocycles. The van der Waals surface area contributed by atoms with Crippen LogP contribution in [0.5, 0.6) is 0 Å². The Morgan fingerprint density at radius 2 is 1.94 bits per heavy atom. The molecule has 1 aromatic heterocycles. The highest BCUT2D eigenvalue weighted by Gasteiger charge is 2.21. The van der Waals surface area contributed by atoms with Crippen LogP contribution in [0.15, 0.2) is 30.5 Å². The highest BCUT2D eigenvalue weighted by Crippen LogP contribution is 2.27. The van der Waals surface area contributed by atoms with Crippen LogP contribution in [-0.4, -0.2) is 10.4 Å². The van der Waals surface area contributed by atoms with Gasteiger partial charge in [-0.3, -0.25) is 4.79 Å². The Morgan fingerprint density at radius 1 is 1.11 bits per heavy atom. The average Bonchev–Trinajstić information content (AvgIpc) is 2.77. The van der Waals surface area contributed by atoms with Gasteiger partial charge in [0.05, 0.1) is 0 Å². The number of hydrogen-bond donors (Lipinski definition) is 0. The summed E-state index contributed by atoms with van der Waals surface area (Å²) in [4.78, 5) is 11.9. The maximum Gasteiger partial charge on any atom is 0.164 e. The summed E-state index contributed by atoms with van der Waals surface area (Å²) in [5, 5.41) is 0. The van der Waals surface area contributed by atoms with Crippen LogP contribution in [0.3, 0.4) is 0 Å². The van der Waals surface area contributed by atoms with E-state index in [-0.39, 0.29) is 0 Å². The molecule has 0 radical (unpaired) electrons. The zero-order valence-electron chi connectivity index (χ0n) is 10.9. The van der Waals surface area contributed by atoms with Gasteiger partial charge in [0.2, 0.25) is 0 Å². The highest BCUT2D eigenvalue weighted by molar-refractivity contribution is 5.98. The Balaban J connectivity index is 2.18. The molecule has 92 valence electrons. The molecule has 0 bridgehead atoms. The third-order valence-electron chi connectivity index (χ3n) is 3.73. The van der Waals surface area contributed by atoms with Gasteiger partial charge in [-0.1, -0.05) is 12.1 Å². The monoisotopic (exact) mass is 239 g/mol. The Labute approximate surface area is 107 Å². The van der Waals surface area contributed by atoms with Gasteiger partial charge in [-0.2, -0.15) is 0 Å². The van der Waals surface area contributed by atoms with Crippen LogP contribution in [0, 0.1) is 13.8 Å². The molecule has 2 heteroatoms. The minimum Gasteiger partial charge on any atom is -0.320 e. The molecule has 1 aromatic carbocycles. The number of aryl methyl sites for hydroxylation is 2. The van der Waals surface area contributed by atoms with E-state index < -0.39 is 0 Å². The van der Waals surface area contributed by atoms with Gasteiger partial charge in [-0.05, 0) is 49.9 Å². The number of ketones is 1. The molecule has 0 aliphatic heterocycles. The maximum absolute atomic E-state index is 11.9.